The van der Waals surface area contributed by atoms with Crippen molar-refractivity contribution >= 4 is 47.6 Å². The Hall–Kier alpha value is -1.94. The van der Waals surface area contributed by atoms with Crippen molar-refractivity contribution in [2.45, 2.75) is 32.0 Å². The number of halogens is 1. The molecule has 0 spiro atoms. The van der Waals surface area contributed by atoms with Gasteiger partial charge in [-0.1, -0.05) is 41.1 Å². The van der Waals surface area contributed by atoms with Gasteiger partial charge in [0.2, 0.25) is 24.0 Å². The second kappa shape index (κ2) is 7.71. The zero-order valence-electron chi connectivity index (χ0n) is 15.2. The number of hydrogen-bond donors (Lipinski definition) is 0. The molecular weight excluding hydrogens is 452 g/mol. The molecule has 1 saturated heterocycles. The third-order valence-electron chi connectivity index (χ3n) is 4.61. The molecule has 1 aliphatic rings. The second-order valence-electron chi connectivity index (χ2n) is 6.56. The van der Waals surface area contributed by atoms with Crippen LogP contribution in [0.4, 0.5) is 5.00 Å². The third-order valence-corrected chi connectivity index (χ3v) is 9.95. The molecule has 1 aliphatic heterocycles. The Kier molecular flexibility index (Phi) is 5.41. The molecule has 1 fully saturated rings. The number of anilines is 1. The van der Waals surface area contributed by atoms with Crippen molar-refractivity contribution < 1.29 is 16.8 Å². The topological polar surface area (TPSA) is 84.4 Å². The van der Waals surface area contributed by atoms with Crippen molar-refractivity contribution in [2.24, 2.45) is 0 Å². The Labute approximate surface area is 178 Å². The molecule has 152 valence electrons. The normalized spacial score (nSPS) is 15.0. The lowest BCUT2D eigenvalue weighted by molar-refractivity contribution is 0.589. The lowest BCUT2D eigenvalue weighted by atomic mass is 10.4. The summed E-state index contributed by atoms with van der Waals surface area (Å²) in [4.78, 5) is 6.14. The largest absolute Gasteiger partial charge is 0.361 e. The molecule has 29 heavy (non-hydrogen) atoms. The predicted molar refractivity (Wildman–Crippen MR) is 112 cm³/mol. The molecule has 0 amide bonds. The van der Waals surface area contributed by atoms with Crippen molar-refractivity contribution in [3.8, 4) is 0 Å². The minimum atomic E-state index is -4.01. The van der Waals surface area contributed by atoms with Gasteiger partial charge in [0.15, 0.2) is 5.03 Å². The maximum atomic E-state index is 13.3. The van der Waals surface area contributed by atoms with E-state index >= 15 is 0 Å². The van der Waals surface area contributed by atoms with E-state index < -0.39 is 19.7 Å². The Morgan fingerprint density at radius 1 is 0.828 bits per heavy atom. The molecule has 2 heterocycles. The average Bonchev–Trinajstić information content (AvgIpc) is 3.39. The van der Waals surface area contributed by atoms with Crippen LogP contribution in [0.2, 0.25) is 5.02 Å². The molecule has 10 heteroatoms. The summed E-state index contributed by atoms with van der Waals surface area (Å²) >= 11 is 6.78. The van der Waals surface area contributed by atoms with E-state index in [-0.39, 0.29) is 19.2 Å². The fourth-order valence-corrected chi connectivity index (χ4v) is 7.74. The lowest BCUT2D eigenvalue weighted by Gasteiger charge is -2.16. The summed E-state index contributed by atoms with van der Waals surface area (Å²) in [6.45, 7) is 1.33. The van der Waals surface area contributed by atoms with Crippen LogP contribution in [0, 0.1) is 0 Å². The second-order valence-corrected chi connectivity index (χ2v) is 12.0. The molecule has 4 rings (SSSR count). The highest BCUT2D eigenvalue weighted by molar-refractivity contribution is 7.94. The molecule has 0 saturated carbocycles. The molecule has 0 unspecified atom stereocenters. The Morgan fingerprint density at radius 3 is 2.03 bits per heavy atom. The van der Waals surface area contributed by atoms with Crippen LogP contribution in [-0.2, 0) is 19.7 Å². The van der Waals surface area contributed by atoms with Gasteiger partial charge in [0.1, 0.15) is 5.00 Å². The first-order valence-electron chi connectivity index (χ1n) is 8.87. The van der Waals surface area contributed by atoms with Crippen LogP contribution in [0.25, 0.3) is 0 Å². The van der Waals surface area contributed by atoms with Gasteiger partial charge in [-0.15, -0.1) is 0 Å². The summed E-state index contributed by atoms with van der Waals surface area (Å²) in [5, 5.41) is 0.558. The van der Waals surface area contributed by atoms with Crippen LogP contribution in [0.15, 0.2) is 73.8 Å². The Morgan fingerprint density at radius 2 is 1.41 bits per heavy atom. The van der Waals surface area contributed by atoms with E-state index in [4.69, 9.17) is 11.6 Å². The van der Waals surface area contributed by atoms with Gasteiger partial charge in [0.05, 0.1) is 9.79 Å². The van der Waals surface area contributed by atoms with Gasteiger partial charge in [-0.3, -0.25) is 0 Å². The third kappa shape index (κ3) is 3.79. The summed E-state index contributed by atoms with van der Waals surface area (Å²) in [6, 6.07) is 13.7. The summed E-state index contributed by atoms with van der Waals surface area (Å²) in [7, 11) is -7.94. The SMILES string of the molecule is O=S(=O)(c1ccccc1)c1nc(S(=O)(=O)c2ccc(Cl)cc2)c(N2CCCC2)s1. The molecule has 0 N–H and O–H groups in total. The van der Waals surface area contributed by atoms with E-state index in [9.17, 15) is 16.8 Å². The number of thiazole rings is 1. The smallest absolute Gasteiger partial charge is 0.233 e. The summed E-state index contributed by atoms with van der Waals surface area (Å²) < 4.78 is 52.4. The number of nitrogens with zero attached hydrogens (tertiary/aromatic N) is 2. The quantitative estimate of drug-likeness (QED) is 0.561. The summed E-state index contributed by atoms with van der Waals surface area (Å²) in [5.41, 5.74) is 0. The van der Waals surface area contributed by atoms with Gasteiger partial charge < -0.3 is 4.90 Å². The molecule has 0 radical (unpaired) electrons. The minimum absolute atomic E-state index is 0.0244. The maximum Gasteiger partial charge on any atom is 0.233 e. The fourth-order valence-electron chi connectivity index (χ4n) is 3.12. The molecule has 0 bridgehead atoms. The molecule has 2 aromatic carbocycles. The van der Waals surface area contributed by atoms with Crippen LogP contribution >= 0.6 is 22.9 Å². The van der Waals surface area contributed by atoms with Crippen LogP contribution < -0.4 is 4.90 Å². The van der Waals surface area contributed by atoms with Crippen LogP contribution in [0.1, 0.15) is 12.8 Å². The van der Waals surface area contributed by atoms with Crippen molar-refractivity contribution in [3.63, 3.8) is 0 Å². The van der Waals surface area contributed by atoms with E-state index in [1.807, 2.05) is 4.90 Å². The van der Waals surface area contributed by atoms with Crippen LogP contribution in [-0.4, -0.2) is 34.9 Å². The number of aromatic nitrogens is 1. The number of benzene rings is 2. The van der Waals surface area contributed by atoms with Gasteiger partial charge in [0, 0.05) is 18.1 Å². The predicted octanol–water partition coefficient (Wildman–Crippen LogP) is 4.06. The van der Waals surface area contributed by atoms with Gasteiger partial charge in [0.25, 0.3) is 0 Å². The van der Waals surface area contributed by atoms with Crippen LogP contribution in [0.5, 0.6) is 0 Å². The Bertz CT molecular complexity index is 1230. The monoisotopic (exact) mass is 468 g/mol. The van der Waals surface area contributed by atoms with E-state index in [2.05, 4.69) is 4.98 Å². The van der Waals surface area contributed by atoms with E-state index in [1.165, 1.54) is 36.4 Å². The van der Waals surface area contributed by atoms with Gasteiger partial charge in [-0.25, -0.2) is 21.8 Å². The first-order chi connectivity index (χ1) is 13.8. The lowest BCUT2D eigenvalue weighted by Crippen LogP contribution is -2.19. The first kappa shape index (κ1) is 20.3. The van der Waals surface area contributed by atoms with Crippen LogP contribution in [0.3, 0.4) is 0 Å². The van der Waals surface area contributed by atoms with Crippen molar-refractivity contribution in [2.75, 3.05) is 18.0 Å². The van der Waals surface area contributed by atoms with Gasteiger partial charge >= 0.3 is 0 Å². The van der Waals surface area contributed by atoms with E-state index in [1.54, 1.807) is 18.2 Å². The highest BCUT2D eigenvalue weighted by atomic mass is 35.5. The molecule has 6 nitrogen and oxygen atoms in total. The zero-order valence-corrected chi connectivity index (χ0v) is 18.4. The van der Waals surface area contributed by atoms with Gasteiger partial charge in [-0.2, -0.15) is 0 Å². The number of hydrogen-bond acceptors (Lipinski definition) is 7. The molecule has 0 aliphatic carbocycles. The molecule has 0 atom stereocenters. The zero-order chi connectivity index (χ0) is 20.6. The van der Waals surface area contributed by atoms with Crippen molar-refractivity contribution in [3.05, 3.63) is 59.6 Å². The highest BCUT2D eigenvalue weighted by Crippen LogP contribution is 2.40. The fraction of sp³-hybridized carbons (Fsp3) is 0.211. The van der Waals surface area contributed by atoms with Crippen molar-refractivity contribution in [1.29, 1.82) is 0 Å². The van der Waals surface area contributed by atoms with Gasteiger partial charge in [-0.05, 0) is 49.2 Å². The maximum absolute atomic E-state index is 13.3. The molecule has 1 aromatic heterocycles. The summed E-state index contributed by atoms with van der Waals surface area (Å²) in [6.07, 6.45) is 1.83. The summed E-state index contributed by atoms with van der Waals surface area (Å²) in [5.74, 6) is 0. The molecule has 3 aromatic rings. The van der Waals surface area contributed by atoms with E-state index in [0.717, 1.165) is 24.2 Å². The first-order valence-corrected chi connectivity index (χ1v) is 13.0. The Balaban J connectivity index is 1.88. The van der Waals surface area contributed by atoms with E-state index in [0.29, 0.717) is 23.1 Å². The minimum Gasteiger partial charge on any atom is -0.361 e. The highest BCUT2D eigenvalue weighted by Gasteiger charge is 2.34. The number of rotatable bonds is 5. The van der Waals surface area contributed by atoms with Crippen molar-refractivity contribution in [1.82, 2.24) is 4.98 Å². The number of sulfone groups is 2. The average molecular weight is 469 g/mol. The molecular formula is C19H17ClN2O4S3. The standard InChI is InChI=1S/C19H17ClN2O4S3/c20-14-8-10-16(11-9-14)28(23,24)17-18(22-12-4-5-13-22)27-19(21-17)29(25,26)15-6-2-1-3-7-15/h1-3,6-11H,4-5,12-13H2.